The highest BCUT2D eigenvalue weighted by atomic mass is 19.3. The molecule has 10 heavy (non-hydrogen) atoms. The van der Waals surface area contributed by atoms with Crippen LogP contribution in [0.4, 0.5) is 8.78 Å². The second kappa shape index (κ2) is 4.42. The zero-order valence-corrected chi connectivity index (χ0v) is 6.53. The summed E-state index contributed by atoms with van der Waals surface area (Å²) in [6.07, 6.45) is 3.76. The van der Waals surface area contributed by atoms with Gasteiger partial charge in [0.2, 0.25) is 0 Å². The van der Waals surface area contributed by atoms with E-state index in [9.17, 15) is 8.78 Å². The maximum absolute atomic E-state index is 12.5. The van der Waals surface area contributed by atoms with E-state index in [0.717, 1.165) is 12.5 Å². The van der Waals surface area contributed by atoms with Crippen LogP contribution < -0.4 is 0 Å². The number of rotatable bonds is 4. The molecule has 0 nitrogen and oxygen atoms in total. The lowest BCUT2D eigenvalue weighted by Crippen LogP contribution is -2.10. The minimum Gasteiger partial charge on any atom is -0.202 e. The molecule has 0 aliphatic carbocycles. The highest BCUT2D eigenvalue weighted by molar-refractivity contribution is 4.91. The van der Waals surface area contributed by atoms with Crippen LogP contribution in [0, 0.1) is 0 Å². The van der Waals surface area contributed by atoms with Crippen molar-refractivity contribution >= 4 is 0 Å². The molecule has 0 aliphatic heterocycles. The van der Waals surface area contributed by atoms with E-state index in [2.05, 4.69) is 0 Å². The van der Waals surface area contributed by atoms with Gasteiger partial charge in [0.15, 0.2) is 0 Å². The molecule has 2 heteroatoms. The third kappa shape index (κ3) is 4.48. The summed E-state index contributed by atoms with van der Waals surface area (Å²) in [6.45, 7) is 3.52. The largest absolute Gasteiger partial charge is 0.266 e. The Balaban J connectivity index is 3.63. The van der Waals surface area contributed by atoms with Crippen molar-refractivity contribution < 1.29 is 8.78 Å². The molecule has 0 rings (SSSR count). The summed E-state index contributed by atoms with van der Waals surface area (Å²) in [6, 6.07) is 0. The normalized spacial score (nSPS) is 12.8. The fourth-order valence-corrected chi connectivity index (χ4v) is 0.740. The van der Waals surface area contributed by atoms with Crippen molar-refractivity contribution in [1.82, 2.24) is 0 Å². The maximum Gasteiger partial charge on any atom is 0.266 e. The Morgan fingerprint density at radius 2 is 2.00 bits per heavy atom. The van der Waals surface area contributed by atoms with Gasteiger partial charge >= 0.3 is 0 Å². The molecule has 0 spiro atoms. The quantitative estimate of drug-likeness (QED) is 0.536. The molecule has 0 heterocycles. The molecule has 0 saturated heterocycles. The van der Waals surface area contributed by atoms with Gasteiger partial charge in [0, 0.05) is 6.42 Å². The fourth-order valence-electron chi connectivity index (χ4n) is 0.740. The standard InChI is InChI=1S/C8H14F2/c1-3-5-7-8(9,10)6-4-2/h4,6H,3,5,7H2,1-2H3/b6-4+. The minimum atomic E-state index is -2.58. The number of allylic oxidation sites excluding steroid dienone is 2. The molecule has 0 aromatic heterocycles. The van der Waals surface area contributed by atoms with Crippen LogP contribution in [-0.4, -0.2) is 5.92 Å². The van der Waals surface area contributed by atoms with E-state index in [0.29, 0.717) is 6.42 Å². The molecule has 0 fully saturated rings. The summed E-state index contributed by atoms with van der Waals surface area (Å²) in [4.78, 5) is 0. The fraction of sp³-hybridized carbons (Fsp3) is 0.750. The summed E-state index contributed by atoms with van der Waals surface area (Å²) in [5, 5.41) is 0. The first-order valence-electron chi connectivity index (χ1n) is 3.64. The Morgan fingerprint density at radius 1 is 1.40 bits per heavy atom. The van der Waals surface area contributed by atoms with Crippen molar-refractivity contribution in [2.24, 2.45) is 0 Å². The summed E-state index contributed by atoms with van der Waals surface area (Å²) < 4.78 is 25.0. The number of hydrogen-bond donors (Lipinski definition) is 0. The van der Waals surface area contributed by atoms with Crippen LogP contribution in [0.1, 0.15) is 33.1 Å². The van der Waals surface area contributed by atoms with Crippen LogP contribution in [0.5, 0.6) is 0 Å². The number of unbranched alkanes of at least 4 members (excludes halogenated alkanes) is 1. The first-order chi connectivity index (χ1) is 4.62. The Bertz CT molecular complexity index is 106. The predicted molar refractivity (Wildman–Crippen MR) is 39.3 cm³/mol. The van der Waals surface area contributed by atoms with E-state index in [-0.39, 0.29) is 6.42 Å². The third-order valence-electron chi connectivity index (χ3n) is 1.27. The molecule has 0 radical (unpaired) electrons. The van der Waals surface area contributed by atoms with Gasteiger partial charge in [-0.15, -0.1) is 0 Å². The zero-order valence-electron chi connectivity index (χ0n) is 6.53. The number of halogens is 2. The number of alkyl halides is 2. The molecule has 0 aromatic carbocycles. The van der Waals surface area contributed by atoms with Crippen LogP contribution >= 0.6 is 0 Å². The Labute approximate surface area is 60.9 Å². The van der Waals surface area contributed by atoms with Gasteiger partial charge < -0.3 is 0 Å². The Hall–Kier alpha value is -0.400. The average molecular weight is 148 g/mol. The van der Waals surface area contributed by atoms with Crippen molar-refractivity contribution in [2.45, 2.75) is 39.0 Å². The van der Waals surface area contributed by atoms with Gasteiger partial charge in [-0.3, -0.25) is 0 Å². The van der Waals surface area contributed by atoms with E-state index in [1.54, 1.807) is 6.92 Å². The van der Waals surface area contributed by atoms with E-state index < -0.39 is 5.92 Å². The molecular formula is C8H14F2. The molecule has 0 aliphatic rings. The molecule has 0 aromatic rings. The molecule has 0 unspecified atom stereocenters. The molecule has 0 N–H and O–H groups in total. The SMILES string of the molecule is C/C=C/C(F)(F)CCCC. The van der Waals surface area contributed by atoms with E-state index >= 15 is 0 Å². The molecule has 0 atom stereocenters. The monoisotopic (exact) mass is 148 g/mol. The lowest BCUT2D eigenvalue weighted by atomic mass is 10.1. The van der Waals surface area contributed by atoms with Crippen LogP contribution in [0.15, 0.2) is 12.2 Å². The van der Waals surface area contributed by atoms with Crippen molar-refractivity contribution in [1.29, 1.82) is 0 Å². The molecule has 0 bridgehead atoms. The zero-order chi connectivity index (χ0) is 8.04. The van der Waals surface area contributed by atoms with Crippen molar-refractivity contribution in [3.05, 3.63) is 12.2 Å². The Kier molecular flexibility index (Phi) is 4.24. The van der Waals surface area contributed by atoms with Gasteiger partial charge in [-0.2, -0.15) is 0 Å². The van der Waals surface area contributed by atoms with Crippen LogP contribution in [0.3, 0.4) is 0 Å². The van der Waals surface area contributed by atoms with Gasteiger partial charge in [-0.25, -0.2) is 8.78 Å². The minimum absolute atomic E-state index is 0.0200. The van der Waals surface area contributed by atoms with Gasteiger partial charge in [0.1, 0.15) is 0 Å². The molecular weight excluding hydrogens is 134 g/mol. The van der Waals surface area contributed by atoms with Gasteiger partial charge in [0.05, 0.1) is 0 Å². The van der Waals surface area contributed by atoms with Crippen molar-refractivity contribution in [3.63, 3.8) is 0 Å². The summed E-state index contributed by atoms with van der Waals surface area (Å²) >= 11 is 0. The van der Waals surface area contributed by atoms with Gasteiger partial charge in [-0.05, 0) is 19.4 Å². The van der Waals surface area contributed by atoms with Crippen LogP contribution in [0.2, 0.25) is 0 Å². The molecule has 0 amide bonds. The van der Waals surface area contributed by atoms with E-state index in [4.69, 9.17) is 0 Å². The highest BCUT2D eigenvalue weighted by Crippen LogP contribution is 2.22. The second-order valence-corrected chi connectivity index (χ2v) is 2.36. The highest BCUT2D eigenvalue weighted by Gasteiger charge is 2.22. The molecule has 60 valence electrons. The average Bonchev–Trinajstić information content (AvgIpc) is 1.84. The van der Waals surface area contributed by atoms with Crippen molar-refractivity contribution in [2.75, 3.05) is 0 Å². The van der Waals surface area contributed by atoms with Gasteiger partial charge in [0.25, 0.3) is 5.92 Å². The second-order valence-electron chi connectivity index (χ2n) is 2.36. The number of hydrogen-bond acceptors (Lipinski definition) is 0. The summed E-state index contributed by atoms with van der Waals surface area (Å²) in [7, 11) is 0. The van der Waals surface area contributed by atoms with E-state index in [1.807, 2.05) is 6.92 Å². The first-order valence-corrected chi connectivity index (χ1v) is 3.64. The summed E-state index contributed by atoms with van der Waals surface area (Å²) in [5.74, 6) is -2.58. The predicted octanol–water partition coefficient (Wildman–Crippen LogP) is 3.39. The van der Waals surface area contributed by atoms with Crippen LogP contribution in [-0.2, 0) is 0 Å². The molecule has 0 saturated carbocycles. The maximum atomic E-state index is 12.5. The lowest BCUT2D eigenvalue weighted by Gasteiger charge is -2.09. The Morgan fingerprint density at radius 3 is 2.40 bits per heavy atom. The lowest BCUT2D eigenvalue weighted by molar-refractivity contribution is 0.0431. The van der Waals surface area contributed by atoms with E-state index in [1.165, 1.54) is 6.08 Å². The first kappa shape index (κ1) is 9.60. The smallest absolute Gasteiger partial charge is 0.202 e. The summed E-state index contributed by atoms with van der Waals surface area (Å²) in [5.41, 5.74) is 0. The van der Waals surface area contributed by atoms with Crippen LogP contribution in [0.25, 0.3) is 0 Å². The third-order valence-corrected chi connectivity index (χ3v) is 1.27. The van der Waals surface area contributed by atoms with Gasteiger partial charge in [-0.1, -0.05) is 19.4 Å². The van der Waals surface area contributed by atoms with Crippen molar-refractivity contribution in [3.8, 4) is 0 Å². The topological polar surface area (TPSA) is 0 Å².